The van der Waals surface area contributed by atoms with E-state index in [0.29, 0.717) is 17.3 Å². The molecule has 0 spiro atoms. The Labute approximate surface area is 123 Å². The molecular weight excluding hydrogens is 280 g/mol. The van der Waals surface area contributed by atoms with Crippen LogP contribution >= 0.6 is 11.6 Å². The molecule has 0 aliphatic rings. The number of nitrogens with zero attached hydrogens (tertiary/aromatic N) is 1. The Kier molecular flexibility index (Phi) is 5.82. The van der Waals surface area contributed by atoms with Crippen LogP contribution in [0.3, 0.4) is 0 Å². The molecule has 2 N–H and O–H groups in total. The fourth-order valence-corrected chi connectivity index (χ4v) is 1.82. The largest absolute Gasteiger partial charge is 0.481 e. The first-order valence-electron chi connectivity index (χ1n) is 6.40. The second kappa shape index (κ2) is 7.14. The molecule has 1 rings (SSSR count). The van der Waals surface area contributed by atoms with Crippen LogP contribution in [0, 0.1) is 12.8 Å². The van der Waals surface area contributed by atoms with Crippen molar-refractivity contribution in [1.29, 1.82) is 0 Å². The van der Waals surface area contributed by atoms with Crippen LogP contribution < -0.4 is 5.32 Å². The summed E-state index contributed by atoms with van der Waals surface area (Å²) in [7, 11) is 0. The van der Waals surface area contributed by atoms with E-state index in [1.165, 1.54) is 4.90 Å². The number of nitrogens with one attached hydrogen (secondary N) is 1. The predicted octanol–water partition coefficient (Wildman–Crippen LogP) is 3.22. The number of hydrogen-bond donors (Lipinski definition) is 2. The van der Waals surface area contributed by atoms with Gasteiger partial charge in [-0.25, -0.2) is 4.79 Å². The molecule has 1 aromatic rings. The number of anilines is 1. The highest BCUT2D eigenvalue weighted by atomic mass is 35.5. The number of hydrogen-bond acceptors (Lipinski definition) is 2. The first-order valence-corrected chi connectivity index (χ1v) is 6.77. The van der Waals surface area contributed by atoms with E-state index in [2.05, 4.69) is 5.32 Å². The fraction of sp³-hybridized carbons (Fsp3) is 0.429. The number of halogens is 1. The standard InChI is InChI=1S/C14H19ClN2O3/c1-4-17(8-10(3)13(18)19)14(20)16-11-6-5-9(2)12(15)7-11/h5-7,10H,4,8H2,1-3H3,(H,16,20)(H,18,19). The average Bonchev–Trinajstić information content (AvgIpc) is 2.39. The Morgan fingerprint density at radius 1 is 1.45 bits per heavy atom. The summed E-state index contributed by atoms with van der Waals surface area (Å²) in [5.41, 5.74) is 1.52. The molecule has 0 radical (unpaired) electrons. The second-order valence-corrected chi connectivity index (χ2v) is 5.08. The Morgan fingerprint density at radius 2 is 2.10 bits per heavy atom. The van der Waals surface area contributed by atoms with Crippen LogP contribution in [0.1, 0.15) is 19.4 Å². The molecule has 0 heterocycles. The molecule has 1 atom stereocenters. The molecule has 6 heteroatoms. The van der Waals surface area contributed by atoms with Gasteiger partial charge in [-0.1, -0.05) is 24.6 Å². The van der Waals surface area contributed by atoms with Crippen LogP contribution in [0.5, 0.6) is 0 Å². The van der Waals surface area contributed by atoms with E-state index in [0.717, 1.165) is 5.56 Å². The highest BCUT2D eigenvalue weighted by molar-refractivity contribution is 6.31. The van der Waals surface area contributed by atoms with E-state index in [1.807, 2.05) is 13.0 Å². The van der Waals surface area contributed by atoms with Gasteiger partial charge in [-0.15, -0.1) is 0 Å². The number of benzene rings is 1. The highest BCUT2D eigenvalue weighted by Gasteiger charge is 2.19. The zero-order valence-electron chi connectivity index (χ0n) is 11.8. The maximum Gasteiger partial charge on any atom is 0.321 e. The number of amides is 2. The van der Waals surface area contributed by atoms with Gasteiger partial charge >= 0.3 is 12.0 Å². The molecule has 0 saturated carbocycles. The van der Waals surface area contributed by atoms with Gasteiger partial charge < -0.3 is 15.3 Å². The number of carboxylic acids is 1. The minimum absolute atomic E-state index is 0.164. The molecule has 2 amide bonds. The van der Waals surface area contributed by atoms with Crippen molar-refractivity contribution >= 4 is 29.3 Å². The lowest BCUT2D eigenvalue weighted by Crippen LogP contribution is -2.39. The minimum Gasteiger partial charge on any atom is -0.481 e. The van der Waals surface area contributed by atoms with Crippen LogP contribution in [0.15, 0.2) is 18.2 Å². The molecule has 0 bridgehead atoms. The third-order valence-electron chi connectivity index (χ3n) is 3.01. The number of urea groups is 1. The molecule has 110 valence electrons. The normalized spacial score (nSPS) is 11.8. The van der Waals surface area contributed by atoms with Crippen LogP contribution in [-0.4, -0.2) is 35.1 Å². The Hall–Kier alpha value is -1.75. The molecule has 20 heavy (non-hydrogen) atoms. The zero-order valence-corrected chi connectivity index (χ0v) is 12.6. The number of aliphatic carboxylic acids is 1. The smallest absolute Gasteiger partial charge is 0.321 e. The summed E-state index contributed by atoms with van der Waals surface area (Å²) in [5, 5.41) is 12.2. The lowest BCUT2D eigenvalue weighted by molar-refractivity contribution is -0.141. The first kappa shape index (κ1) is 16.3. The lowest BCUT2D eigenvalue weighted by Gasteiger charge is -2.23. The maximum absolute atomic E-state index is 12.1. The van der Waals surface area contributed by atoms with E-state index in [-0.39, 0.29) is 12.6 Å². The van der Waals surface area contributed by atoms with Crippen LogP contribution in [0.2, 0.25) is 5.02 Å². The highest BCUT2D eigenvalue weighted by Crippen LogP contribution is 2.20. The molecule has 0 aliphatic carbocycles. The van der Waals surface area contributed by atoms with Crippen molar-refractivity contribution in [2.75, 3.05) is 18.4 Å². The number of rotatable bonds is 5. The fourth-order valence-electron chi connectivity index (χ4n) is 1.64. The van der Waals surface area contributed by atoms with Crippen molar-refractivity contribution in [2.24, 2.45) is 5.92 Å². The number of carbonyl (C=O) groups excluding carboxylic acids is 1. The van der Waals surface area contributed by atoms with Crippen LogP contribution in [0.4, 0.5) is 10.5 Å². The van der Waals surface area contributed by atoms with E-state index >= 15 is 0 Å². The molecule has 0 fully saturated rings. The number of carboxylic acid groups (broad SMARTS) is 1. The molecule has 1 aromatic carbocycles. The van der Waals surface area contributed by atoms with Crippen molar-refractivity contribution in [2.45, 2.75) is 20.8 Å². The van der Waals surface area contributed by atoms with Gasteiger partial charge in [0.2, 0.25) is 0 Å². The van der Waals surface area contributed by atoms with Crippen LogP contribution in [0.25, 0.3) is 0 Å². The summed E-state index contributed by atoms with van der Waals surface area (Å²) in [5.74, 6) is -1.53. The van der Waals surface area contributed by atoms with Crippen molar-refractivity contribution in [3.05, 3.63) is 28.8 Å². The van der Waals surface area contributed by atoms with Crippen molar-refractivity contribution < 1.29 is 14.7 Å². The van der Waals surface area contributed by atoms with Crippen molar-refractivity contribution in [3.63, 3.8) is 0 Å². The van der Waals surface area contributed by atoms with Gasteiger partial charge in [0.25, 0.3) is 0 Å². The molecule has 0 aliphatic heterocycles. The topological polar surface area (TPSA) is 69.6 Å². The van der Waals surface area contributed by atoms with E-state index in [4.69, 9.17) is 16.7 Å². The summed E-state index contributed by atoms with van der Waals surface area (Å²) in [6, 6.07) is 4.91. The van der Waals surface area contributed by atoms with Crippen molar-refractivity contribution in [3.8, 4) is 0 Å². The van der Waals surface area contributed by atoms with Gasteiger partial charge in [0.1, 0.15) is 0 Å². The summed E-state index contributed by atoms with van der Waals surface area (Å²) in [4.78, 5) is 24.4. The van der Waals surface area contributed by atoms with Gasteiger partial charge in [-0.05, 0) is 31.5 Å². The number of carbonyl (C=O) groups is 2. The Balaban J connectivity index is 2.72. The summed E-state index contributed by atoms with van der Waals surface area (Å²) in [6.07, 6.45) is 0. The molecule has 1 unspecified atom stereocenters. The number of aryl methyl sites for hydroxylation is 1. The molecule has 0 saturated heterocycles. The Morgan fingerprint density at radius 3 is 2.60 bits per heavy atom. The zero-order chi connectivity index (χ0) is 15.3. The first-order chi connectivity index (χ1) is 9.35. The second-order valence-electron chi connectivity index (χ2n) is 4.67. The van der Waals surface area contributed by atoms with Crippen LogP contribution in [-0.2, 0) is 4.79 Å². The quantitative estimate of drug-likeness (QED) is 0.877. The summed E-state index contributed by atoms with van der Waals surface area (Å²) < 4.78 is 0. The van der Waals surface area contributed by atoms with E-state index < -0.39 is 11.9 Å². The van der Waals surface area contributed by atoms with Gasteiger partial charge in [0.15, 0.2) is 0 Å². The Bertz CT molecular complexity index is 505. The van der Waals surface area contributed by atoms with Gasteiger partial charge in [-0.3, -0.25) is 4.79 Å². The average molecular weight is 299 g/mol. The van der Waals surface area contributed by atoms with Gasteiger partial charge in [0, 0.05) is 23.8 Å². The third kappa shape index (κ3) is 4.42. The molecule has 5 nitrogen and oxygen atoms in total. The SMILES string of the molecule is CCN(CC(C)C(=O)O)C(=O)Nc1ccc(C)c(Cl)c1. The van der Waals surface area contributed by atoms with Gasteiger partial charge in [0.05, 0.1) is 5.92 Å². The monoisotopic (exact) mass is 298 g/mol. The summed E-state index contributed by atoms with van der Waals surface area (Å²) >= 11 is 5.99. The van der Waals surface area contributed by atoms with E-state index in [9.17, 15) is 9.59 Å². The lowest BCUT2D eigenvalue weighted by atomic mass is 10.2. The predicted molar refractivity (Wildman–Crippen MR) is 79.3 cm³/mol. The third-order valence-corrected chi connectivity index (χ3v) is 3.42. The van der Waals surface area contributed by atoms with Crippen molar-refractivity contribution in [1.82, 2.24) is 4.90 Å². The van der Waals surface area contributed by atoms with E-state index in [1.54, 1.807) is 26.0 Å². The molecule has 0 aromatic heterocycles. The molecular formula is C14H19ClN2O3. The maximum atomic E-state index is 12.1. The minimum atomic E-state index is -0.922. The summed E-state index contributed by atoms with van der Waals surface area (Å²) in [6.45, 7) is 5.85. The van der Waals surface area contributed by atoms with Gasteiger partial charge in [-0.2, -0.15) is 0 Å².